The Morgan fingerprint density at radius 1 is 1.11 bits per heavy atom. The van der Waals surface area contributed by atoms with Crippen LogP contribution in [0.2, 0.25) is 0 Å². The average molecular weight is 527 g/mol. The Hall–Kier alpha value is -4.42. The second-order valence-electron chi connectivity index (χ2n) is 9.21. The van der Waals surface area contributed by atoms with Crippen molar-refractivity contribution in [2.24, 2.45) is 16.4 Å². The minimum Gasteiger partial charge on any atom is -0.493 e. The summed E-state index contributed by atoms with van der Waals surface area (Å²) < 4.78 is 5.18. The van der Waals surface area contributed by atoms with E-state index >= 15 is 0 Å². The van der Waals surface area contributed by atoms with Crippen molar-refractivity contribution in [3.05, 3.63) is 48.2 Å². The fraction of sp³-hybridized carbons (Fsp3) is 0.440. The summed E-state index contributed by atoms with van der Waals surface area (Å²) in [6, 6.07) is 9.90. The Balaban J connectivity index is 1.50. The third-order valence-electron chi connectivity index (χ3n) is 5.58. The van der Waals surface area contributed by atoms with Crippen molar-refractivity contribution in [1.82, 2.24) is 20.3 Å². The van der Waals surface area contributed by atoms with Crippen molar-refractivity contribution < 1.29 is 24.2 Å². The molecule has 0 bridgehead atoms. The molecule has 0 saturated heterocycles. The van der Waals surface area contributed by atoms with Crippen LogP contribution in [0.25, 0.3) is 0 Å². The first kappa shape index (κ1) is 28.2. The lowest BCUT2D eigenvalue weighted by molar-refractivity contribution is -0.137. The monoisotopic (exact) mass is 526 g/mol. The zero-order valence-corrected chi connectivity index (χ0v) is 21.8. The predicted octanol–water partition coefficient (Wildman–Crippen LogP) is 3.49. The number of amides is 3. The summed E-state index contributed by atoms with van der Waals surface area (Å²) in [5.41, 5.74) is 1.33. The fourth-order valence-corrected chi connectivity index (χ4v) is 3.77. The number of carboxylic acid groups (broad SMARTS) is 1. The van der Waals surface area contributed by atoms with Crippen molar-refractivity contribution in [1.29, 1.82) is 0 Å². The third-order valence-corrected chi connectivity index (χ3v) is 5.58. The van der Waals surface area contributed by atoms with Gasteiger partial charge in [0.1, 0.15) is 12.8 Å². The van der Waals surface area contributed by atoms with Crippen LogP contribution in [0, 0.1) is 5.92 Å². The number of carboxylic acids is 1. The maximum atomic E-state index is 12.8. The number of benzene rings is 1. The summed E-state index contributed by atoms with van der Waals surface area (Å²) in [6.07, 6.45) is 2.56. The van der Waals surface area contributed by atoms with Crippen LogP contribution in [0.4, 0.5) is 16.3 Å². The van der Waals surface area contributed by atoms with Crippen LogP contribution in [0.3, 0.4) is 0 Å². The fourth-order valence-electron chi connectivity index (χ4n) is 3.77. The molecule has 3 rings (SSSR count). The van der Waals surface area contributed by atoms with Gasteiger partial charge in [0.05, 0.1) is 13.5 Å². The molecule has 1 aromatic carbocycles. The Bertz CT molecular complexity index is 1120. The van der Waals surface area contributed by atoms with Crippen molar-refractivity contribution in [3.8, 4) is 5.75 Å². The van der Waals surface area contributed by atoms with Crippen molar-refractivity contribution >= 4 is 29.4 Å². The van der Waals surface area contributed by atoms with Gasteiger partial charge in [-0.1, -0.05) is 31.2 Å². The number of aliphatic carboxylic acids is 1. The number of hydrogen-bond acceptors (Lipinski definition) is 9. The lowest BCUT2D eigenvalue weighted by Gasteiger charge is -2.28. The molecule has 1 atom stereocenters. The molecule has 2 aromatic rings. The number of hydrogen-bond donors (Lipinski definition) is 4. The van der Waals surface area contributed by atoms with Crippen LogP contribution < -0.4 is 20.7 Å². The highest BCUT2D eigenvalue weighted by molar-refractivity contribution is 5.99. The van der Waals surface area contributed by atoms with Crippen LogP contribution in [-0.4, -0.2) is 64.5 Å². The Morgan fingerprint density at radius 2 is 1.87 bits per heavy atom. The molecule has 1 unspecified atom stereocenters. The molecule has 0 aliphatic carbocycles. The van der Waals surface area contributed by atoms with E-state index in [0.717, 1.165) is 5.56 Å². The van der Waals surface area contributed by atoms with E-state index in [4.69, 9.17) is 9.84 Å². The summed E-state index contributed by atoms with van der Waals surface area (Å²) in [5, 5.41) is 28.9. The number of carbonyl (C=O) groups is 3. The molecule has 1 aromatic heterocycles. The predicted molar refractivity (Wildman–Crippen MR) is 140 cm³/mol. The largest absolute Gasteiger partial charge is 0.493 e. The van der Waals surface area contributed by atoms with Gasteiger partial charge in [0, 0.05) is 24.8 Å². The number of aromatic nitrogens is 1. The van der Waals surface area contributed by atoms with Gasteiger partial charge in [0.15, 0.2) is 11.6 Å². The van der Waals surface area contributed by atoms with Crippen molar-refractivity contribution in [3.63, 3.8) is 0 Å². The first-order valence-electron chi connectivity index (χ1n) is 12.3. The zero-order chi connectivity index (χ0) is 27.5. The van der Waals surface area contributed by atoms with Crippen LogP contribution in [-0.2, 0) is 16.0 Å². The van der Waals surface area contributed by atoms with Gasteiger partial charge in [-0.15, -0.1) is 0 Å². The molecule has 1 aliphatic rings. The van der Waals surface area contributed by atoms with Crippen LogP contribution >= 0.6 is 0 Å². The second-order valence-corrected chi connectivity index (χ2v) is 9.21. The molecule has 0 saturated carbocycles. The SMILES string of the molecule is COc1cccnc1NC(=O)Nc1ccc(CC(=O)NC(CC(C)C)N2CN(CCCC(=O)O)N=N2)cc1. The summed E-state index contributed by atoms with van der Waals surface area (Å²) in [5.74, 6) is 0.0360. The lowest BCUT2D eigenvalue weighted by atomic mass is 10.1. The maximum absolute atomic E-state index is 12.8. The molecule has 0 radical (unpaired) electrons. The molecule has 3 amide bonds. The Kier molecular flexibility index (Phi) is 10.2. The van der Waals surface area contributed by atoms with Gasteiger partial charge in [0.25, 0.3) is 0 Å². The van der Waals surface area contributed by atoms with Gasteiger partial charge in [-0.25, -0.2) is 14.8 Å². The topological polar surface area (TPSA) is 161 Å². The van der Waals surface area contributed by atoms with Gasteiger partial charge in [-0.2, -0.15) is 0 Å². The first-order valence-corrected chi connectivity index (χ1v) is 12.3. The number of anilines is 2. The summed E-state index contributed by atoms with van der Waals surface area (Å²) in [4.78, 5) is 40.0. The minimum absolute atomic E-state index is 0.0656. The minimum atomic E-state index is -0.847. The van der Waals surface area contributed by atoms with Crippen molar-refractivity contribution in [2.75, 3.05) is 31.0 Å². The highest BCUT2D eigenvalue weighted by Crippen LogP contribution is 2.21. The van der Waals surface area contributed by atoms with Gasteiger partial charge >= 0.3 is 12.0 Å². The number of carbonyl (C=O) groups excluding carboxylic acids is 2. The molecule has 0 fully saturated rings. The summed E-state index contributed by atoms with van der Waals surface area (Å²) in [7, 11) is 1.50. The third kappa shape index (κ3) is 8.91. The quantitative estimate of drug-likeness (QED) is 0.308. The lowest BCUT2D eigenvalue weighted by Crippen LogP contribution is -2.47. The van der Waals surface area contributed by atoms with E-state index < -0.39 is 12.0 Å². The number of methoxy groups -OCH3 is 1. The van der Waals surface area contributed by atoms with E-state index in [2.05, 4.69) is 45.2 Å². The molecular weight excluding hydrogens is 492 g/mol. The molecule has 13 nitrogen and oxygen atoms in total. The molecule has 13 heteroatoms. The molecule has 38 heavy (non-hydrogen) atoms. The number of ether oxygens (including phenoxy) is 1. The number of rotatable bonds is 13. The second kappa shape index (κ2) is 13.8. The van der Waals surface area contributed by atoms with E-state index in [9.17, 15) is 14.4 Å². The first-order chi connectivity index (χ1) is 18.2. The number of urea groups is 1. The van der Waals surface area contributed by atoms with E-state index in [1.165, 1.54) is 7.11 Å². The van der Waals surface area contributed by atoms with E-state index in [0.29, 0.717) is 49.2 Å². The van der Waals surface area contributed by atoms with Crippen LogP contribution in [0.15, 0.2) is 53.0 Å². The highest BCUT2D eigenvalue weighted by Gasteiger charge is 2.26. The molecule has 4 N–H and O–H groups in total. The Labute approximate surface area is 221 Å². The van der Waals surface area contributed by atoms with Gasteiger partial charge < -0.3 is 20.5 Å². The Morgan fingerprint density at radius 3 is 2.55 bits per heavy atom. The number of pyridine rings is 1. The van der Waals surface area contributed by atoms with Gasteiger partial charge in [0.2, 0.25) is 5.91 Å². The normalized spacial score (nSPS) is 13.4. The molecule has 2 heterocycles. The molecule has 0 spiro atoms. The molecule has 204 valence electrons. The molecule has 1 aliphatic heterocycles. The highest BCUT2D eigenvalue weighted by atomic mass is 16.5. The van der Waals surface area contributed by atoms with Crippen LogP contribution in [0.1, 0.15) is 38.7 Å². The van der Waals surface area contributed by atoms with Crippen LogP contribution in [0.5, 0.6) is 5.75 Å². The standard InChI is InChI=1S/C25H34N8O5/c1-17(2)14-21(33-16-32(30-31-33)13-5-7-23(35)36)28-22(34)15-18-8-10-19(11-9-18)27-25(37)29-24-20(38-3)6-4-12-26-24/h4,6,8-12,17,21H,5,7,13-16H2,1-3H3,(H,28,34)(H,35,36)(H2,26,27,29,37). The maximum Gasteiger partial charge on any atom is 0.324 e. The van der Waals surface area contributed by atoms with Crippen molar-refractivity contribution in [2.45, 2.75) is 45.7 Å². The van der Waals surface area contributed by atoms with Gasteiger partial charge in [-0.05, 0) is 53.8 Å². The van der Waals surface area contributed by atoms with E-state index in [1.807, 2.05) is 0 Å². The summed E-state index contributed by atoms with van der Waals surface area (Å²) in [6.45, 7) is 4.97. The van der Waals surface area contributed by atoms with E-state index in [1.54, 1.807) is 52.6 Å². The molecular formula is C25H34N8O5. The van der Waals surface area contributed by atoms with E-state index in [-0.39, 0.29) is 24.9 Å². The number of nitrogens with one attached hydrogen (secondary N) is 3. The average Bonchev–Trinajstić information content (AvgIpc) is 3.33. The van der Waals surface area contributed by atoms with Gasteiger partial charge in [-0.3, -0.25) is 19.9 Å². The summed E-state index contributed by atoms with van der Waals surface area (Å²) >= 11 is 0. The zero-order valence-electron chi connectivity index (χ0n) is 21.8. The number of nitrogens with zero attached hydrogens (tertiary/aromatic N) is 5. The smallest absolute Gasteiger partial charge is 0.324 e.